The number of hydrogen-bond acceptors (Lipinski definition) is 3. The summed E-state index contributed by atoms with van der Waals surface area (Å²) < 4.78 is 0. The third kappa shape index (κ3) is 4.55. The average molecular weight is 301 g/mol. The summed E-state index contributed by atoms with van der Waals surface area (Å²) in [6, 6.07) is 8.32. The third-order valence-electron chi connectivity index (χ3n) is 4.75. The highest BCUT2D eigenvalue weighted by atomic mass is 16.1. The van der Waals surface area contributed by atoms with E-state index in [0.717, 1.165) is 38.2 Å². The Morgan fingerprint density at radius 3 is 2.77 bits per heavy atom. The van der Waals surface area contributed by atoms with E-state index in [1.807, 2.05) is 12.1 Å². The summed E-state index contributed by atoms with van der Waals surface area (Å²) in [4.78, 5) is 14.7. The summed E-state index contributed by atoms with van der Waals surface area (Å²) in [7, 11) is 0. The largest absolute Gasteiger partial charge is 0.326 e. The topological polar surface area (TPSA) is 44.4 Å². The quantitative estimate of drug-likeness (QED) is 0.878. The molecule has 2 aliphatic rings. The smallest absolute Gasteiger partial charge is 0.224 e. The molecule has 2 heterocycles. The van der Waals surface area contributed by atoms with Gasteiger partial charge in [-0.1, -0.05) is 12.1 Å². The Morgan fingerprint density at radius 2 is 2.00 bits per heavy atom. The number of hydrogen-bond donors (Lipinski definition) is 2. The maximum atomic E-state index is 12.2. The van der Waals surface area contributed by atoms with Crippen LogP contribution < -0.4 is 10.6 Å². The molecule has 2 N–H and O–H groups in total. The van der Waals surface area contributed by atoms with Crippen molar-refractivity contribution in [3.63, 3.8) is 0 Å². The molecule has 0 unspecified atom stereocenters. The van der Waals surface area contributed by atoms with E-state index in [2.05, 4.69) is 27.7 Å². The molecule has 0 aliphatic carbocycles. The van der Waals surface area contributed by atoms with E-state index in [9.17, 15) is 4.79 Å². The van der Waals surface area contributed by atoms with Crippen molar-refractivity contribution in [2.24, 2.45) is 5.92 Å². The van der Waals surface area contributed by atoms with Crippen molar-refractivity contribution in [1.29, 1.82) is 0 Å². The molecule has 0 saturated carbocycles. The van der Waals surface area contributed by atoms with E-state index in [1.165, 1.54) is 31.5 Å². The Labute approximate surface area is 133 Å². The van der Waals surface area contributed by atoms with Crippen LogP contribution in [-0.2, 0) is 11.3 Å². The van der Waals surface area contributed by atoms with Crippen LogP contribution >= 0.6 is 0 Å². The standard InChI is InChI=1S/C18H27N3O/c22-18(13-15-6-8-19-9-7-15)20-17-5-3-4-16(12-17)14-21-10-1-2-11-21/h3-5,12,15,19H,1-2,6-11,13-14H2,(H,20,22). The van der Waals surface area contributed by atoms with Gasteiger partial charge in [0.1, 0.15) is 0 Å². The predicted molar refractivity (Wildman–Crippen MR) is 89.8 cm³/mol. The zero-order valence-corrected chi connectivity index (χ0v) is 13.3. The Bertz CT molecular complexity index is 491. The lowest BCUT2D eigenvalue weighted by Gasteiger charge is -2.22. The summed E-state index contributed by atoms with van der Waals surface area (Å²) in [5, 5.41) is 6.42. The summed E-state index contributed by atoms with van der Waals surface area (Å²) in [5.74, 6) is 0.694. The van der Waals surface area contributed by atoms with E-state index in [4.69, 9.17) is 0 Å². The molecule has 1 aromatic rings. The van der Waals surface area contributed by atoms with E-state index < -0.39 is 0 Å². The van der Waals surface area contributed by atoms with E-state index in [-0.39, 0.29) is 5.91 Å². The van der Waals surface area contributed by atoms with Crippen LogP contribution in [0.5, 0.6) is 0 Å². The Balaban J connectivity index is 1.51. The maximum Gasteiger partial charge on any atom is 0.224 e. The molecule has 0 radical (unpaired) electrons. The van der Waals surface area contributed by atoms with E-state index in [1.54, 1.807) is 0 Å². The number of nitrogens with zero attached hydrogens (tertiary/aromatic N) is 1. The molecule has 0 spiro atoms. The van der Waals surface area contributed by atoms with Crippen molar-refractivity contribution in [2.45, 2.75) is 38.6 Å². The molecule has 2 saturated heterocycles. The monoisotopic (exact) mass is 301 g/mol. The Morgan fingerprint density at radius 1 is 1.23 bits per heavy atom. The lowest BCUT2D eigenvalue weighted by Crippen LogP contribution is -2.30. The van der Waals surface area contributed by atoms with Gasteiger partial charge in [0.15, 0.2) is 0 Å². The van der Waals surface area contributed by atoms with Crippen LogP contribution in [0.25, 0.3) is 0 Å². The van der Waals surface area contributed by atoms with Crippen LogP contribution in [0.3, 0.4) is 0 Å². The van der Waals surface area contributed by atoms with Crippen LogP contribution in [0.1, 0.15) is 37.7 Å². The minimum absolute atomic E-state index is 0.158. The molecule has 1 aromatic carbocycles. The van der Waals surface area contributed by atoms with Crippen LogP contribution in [0.15, 0.2) is 24.3 Å². The Hall–Kier alpha value is -1.39. The lowest BCUT2D eigenvalue weighted by atomic mass is 9.94. The van der Waals surface area contributed by atoms with Crippen molar-refractivity contribution in [3.8, 4) is 0 Å². The van der Waals surface area contributed by atoms with Gasteiger partial charge in [-0.2, -0.15) is 0 Å². The van der Waals surface area contributed by atoms with E-state index >= 15 is 0 Å². The highest BCUT2D eigenvalue weighted by molar-refractivity contribution is 5.90. The second-order valence-corrected chi connectivity index (χ2v) is 6.63. The first kappa shape index (κ1) is 15.5. The van der Waals surface area contributed by atoms with Gasteiger partial charge in [-0.15, -0.1) is 0 Å². The molecule has 0 bridgehead atoms. The van der Waals surface area contributed by atoms with Crippen molar-refractivity contribution in [3.05, 3.63) is 29.8 Å². The fourth-order valence-electron chi connectivity index (χ4n) is 3.51. The second-order valence-electron chi connectivity index (χ2n) is 6.63. The number of amides is 1. The molecule has 4 heteroatoms. The van der Waals surface area contributed by atoms with Gasteiger partial charge in [0.05, 0.1) is 0 Å². The minimum Gasteiger partial charge on any atom is -0.326 e. The first-order valence-corrected chi connectivity index (χ1v) is 8.61. The first-order chi connectivity index (χ1) is 10.8. The summed E-state index contributed by atoms with van der Waals surface area (Å²) in [6.07, 6.45) is 5.50. The van der Waals surface area contributed by atoms with Crippen molar-refractivity contribution in [1.82, 2.24) is 10.2 Å². The van der Waals surface area contributed by atoms with Gasteiger partial charge in [-0.05, 0) is 75.5 Å². The minimum atomic E-state index is 0.158. The summed E-state index contributed by atoms with van der Waals surface area (Å²) >= 11 is 0. The van der Waals surface area contributed by atoms with E-state index in [0.29, 0.717) is 12.3 Å². The van der Waals surface area contributed by atoms with Crippen LogP contribution in [-0.4, -0.2) is 37.0 Å². The van der Waals surface area contributed by atoms with Gasteiger partial charge in [-0.25, -0.2) is 0 Å². The van der Waals surface area contributed by atoms with Crippen molar-refractivity contribution >= 4 is 11.6 Å². The van der Waals surface area contributed by atoms with Crippen molar-refractivity contribution in [2.75, 3.05) is 31.5 Å². The lowest BCUT2D eigenvalue weighted by molar-refractivity contribution is -0.117. The number of carbonyl (C=O) groups excluding carboxylic acids is 1. The molecule has 2 aliphatic heterocycles. The van der Waals surface area contributed by atoms with Crippen molar-refractivity contribution < 1.29 is 4.79 Å². The van der Waals surface area contributed by atoms with Gasteiger partial charge in [0, 0.05) is 18.7 Å². The van der Waals surface area contributed by atoms with Gasteiger partial charge < -0.3 is 10.6 Å². The molecule has 3 rings (SSSR count). The average Bonchev–Trinajstić information content (AvgIpc) is 3.01. The number of nitrogens with one attached hydrogen (secondary N) is 2. The summed E-state index contributed by atoms with van der Waals surface area (Å²) in [6.45, 7) is 5.49. The molecule has 1 amide bonds. The predicted octanol–water partition coefficient (Wildman–Crippen LogP) is 2.61. The third-order valence-corrected chi connectivity index (χ3v) is 4.75. The zero-order valence-electron chi connectivity index (χ0n) is 13.3. The van der Waals surface area contributed by atoms with Gasteiger partial charge >= 0.3 is 0 Å². The summed E-state index contributed by atoms with van der Waals surface area (Å²) in [5.41, 5.74) is 2.23. The molecular formula is C18H27N3O. The molecule has 0 aromatic heterocycles. The van der Waals surface area contributed by atoms with Crippen LogP contribution in [0.2, 0.25) is 0 Å². The van der Waals surface area contributed by atoms with Gasteiger partial charge in [-0.3, -0.25) is 9.69 Å². The number of anilines is 1. The molecule has 120 valence electrons. The molecule has 4 nitrogen and oxygen atoms in total. The SMILES string of the molecule is O=C(CC1CCNCC1)Nc1cccc(CN2CCCC2)c1. The second kappa shape index (κ2) is 7.75. The van der Waals surface area contributed by atoms with Crippen LogP contribution in [0.4, 0.5) is 5.69 Å². The zero-order chi connectivity index (χ0) is 15.2. The van der Waals surface area contributed by atoms with Gasteiger partial charge in [0.25, 0.3) is 0 Å². The van der Waals surface area contributed by atoms with Gasteiger partial charge in [0.2, 0.25) is 5.91 Å². The normalized spacial score (nSPS) is 20.2. The number of benzene rings is 1. The molecule has 2 fully saturated rings. The fraction of sp³-hybridized carbons (Fsp3) is 0.611. The molecule has 0 atom stereocenters. The van der Waals surface area contributed by atoms with Crippen LogP contribution in [0, 0.1) is 5.92 Å². The maximum absolute atomic E-state index is 12.2. The number of carbonyl (C=O) groups is 1. The number of piperidine rings is 1. The number of rotatable bonds is 5. The fourth-order valence-corrected chi connectivity index (χ4v) is 3.51. The highest BCUT2D eigenvalue weighted by Crippen LogP contribution is 2.19. The first-order valence-electron chi connectivity index (χ1n) is 8.61. The molecule has 22 heavy (non-hydrogen) atoms. The Kier molecular flexibility index (Phi) is 5.46. The highest BCUT2D eigenvalue weighted by Gasteiger charge is 2.17. The number of likely N-dealkylation sites (tertiary alicyclic amines) is 1. The molecular weight excluding hydrogens is 274 g/mol.